The van der Waals surface area contributed by atoms with Gasteiger partial charge in [-0.05, 0) is 31.0 Å². The standard InChI is InChI=1S/C19H18ClN7O3/c1-9-15-17(25-24-9)23-19(21)27(18(15)28)7-14-22-16(26-30-14)11-6-13(29-8-11)10-2-4-12(20)5-3-10/h2-5,9,11,13H,6-8H2,1H3,(H2,21,23)/t9?,11-,13+/m0/s1. The average molecular weight is 428 g/mol. The highest BCUT2D eigenvalue weighted by atomic mass is 35.5. The average Bonchev–Trinajstić information content (AvgIpc) is 3.46. The fourth-order valence-corrected chi connectivity index (χ4v) is 3.84. The Kier molecular flexibility index (Phi) is 4.59. The summed E-state index contributed by atoms with van der Waals surface area (Å²) in [7, 11) is 0. The number of nitrogen functional groups attached to an aromatic ring is 1. The topological polar surface area (TPSA) is 134 Å². The van der Waals surface area contributed by atoms with Crippen LogP contribution in [0.2, 0.25) is 5.02 Å². The number of azo groups is 1. The van der Waals surface area contributed by atoms with Crippen molar-refractivity contribution in [1.29, 1.82) is 0 Å². The third-order valence-electron chi connectivity index (χ3n) is 5.34. The number of aromatic nitrogens is 4. The number of halogens is 1. The Morgan fingerprint density at radius 1 is 1.27 bits per heavy atom. The maximum atomic E-state index is 12.8. The number of nitrogens with two attached hydrogens (primary N) is 1. The van der Waals surface area contributed by atoms with Gasteiger partial charge in [0.05, 0.1) is 18.3 Å². The number of hydrogen-bond donors (Lipinski definition) is 1. The van der Waals surface area contributed by atoms with Crippen LogP contribution in [0.15, 0.2) is 43.8 Å². The molecule has 0 bridgehead atoms. The first-order chi connectivity index (χ1) is 14.5. The predicted octanol–water partition coefficient (Wildman–Crippen LogP) is 3.31. The van der Waals surface area contributed by atoms with Crippen molar-refractivity contribution >= 4 is 23.4 Å². The van der Waals surface area contributed by atoms with E-state index >= 15 is 0 Å². The first kappa shape index (κ1) is 18.9. The second kappa shape index (κ2) is 7.29. The van der Waals surface area contributed by atoms with Gasteiger partial charge in [-0.15, -0.1) is 5.11 Å². The number of nitrogens with zero attached hydrogens (tertiary/aromatic N) is 6. The first-order valence-electron chi connectivity index (χ1n) is 9.50. The van der Waals surface area contributed by atoms with E-state index < -0.39 is 0 Å². The molecule has 2 aromatic heterocycles. The van der Waals surface area contributed by atoms with Crippen LogP contribution in [-0.2, 0) is 11.3 Å². The SMILES string of the molecule is CC1N=Nc2nc(N)n(Cc3nc([C@@H]4CO[C@@H](c5ccc(Cl)cc5)C4)no3)c(=O)c21. The van der Waals surface area contributed by atoms with E-state index in [9.17, 15) is 4.79 Å². The molecule has 2 N–H and O–H groups in total. The van der Waals surface area contributed by atoms with E-state index in [2.05, 4.69) is 25.4 Å². The van der Waals surface area contributed by atoms with Crippen LogP contribution in [0.3, 0.4) is 0 Å². The third-order valence-corrected chi connectivity index (χ3v) is 5.59. The molecule has 1 fully saturated rings. The number of hydrogen-bond acceptors (Lipinski definition) is 9. The summed E-state index contributed by atoms with van der Waals surface area (Å²) in [6.07, 6.45) is 0.672. The normalized spacial score (nSPS) is 22.5. The number of anilines is 1. The van der Waals surface area contributed by atoms with Crippen LogP contribution in [-0.4, -0.2) is 26.3 Å². The molecule has 5 rings (SSSR count). The Labute approximate surface area is 175 Å². The van der Waals surface area contributed by atoms with Crippen molar-refractivity contribution in [1.82, 2.24) is 19.7 Å². The van der Waals surface area contributed by atoms with Crippen molar-refractivity contribution in [3.63, 3.8) is 0 Å². The number of ether oxygens (including phenoxy) is 1. The summed E-state index contributed by atoms with van der Waals surface area (Å²) < 4.78 is 12.6. The van der Waals surface area contributed by atoms with Crippen molar-refractivity contribution < 1.29 is 9.26 Å². The lowest BCUT2D eigenvalue weighted by Crippen LogP contribution is -2.28. The molecule has 1 saturated heterocycles. The summed E-state index contributed by atoms with van der Waals surface area (Å²) in [5, 5.41) is 12.6. The molecule has 3 aromatic rings. The van der Waals surface area contributed by atoms with Crippen molar-refractivity contribution in [3.05, 3.63) is 62.5 Å². The predicted molar refractivity (Wildman–Crippen MR) is 107 cm³/mol. The van der Waals surface area contributed by atoms with Crippen LogP contribution < -0.4 is 11.3 Å². The highest BCUT2D eigenvalue weighted by Crippen LogP contribution is 2.37. The minimum atomic E-state index is -0.356. The maximum Gasteiger partial charge on any atom is 0.263 e. The minimum Gasteiger partial charge on any atom is -0.373 e. The van der Waals surface area contributed by atoms with Gasteiger partial charge in [-0.3, -0.25) is 9.36 Å². The molecule has 1 unspecified atom stereocenters. The third kappa shape index (κ3) is 3.27. The van der Waals surface area contributed by atoms with E-state index in [0.29, 0.717) is 23.0 Å². The first-order valence-corrected chi connectivity index (χ1v) is 9.88. The molecule has 0 amide bonds. The largest absolute Gasteiger partial charge is 0.373 e. The van der Waals surface area contributed by atoms with Gasteiger partial charge in [-0.25, -0.2) is 0 Å². The molecule has 2 aliphatic rings. The lowest BCUT2D eigenvalue weighted by molar-refractivity contribution is 0.110. The molecule has 4 heterocycles. The van der Waals surface area contributed by atoms with Gasteiger partial charge in [0, 0.05) is 10.9 Å². The second-order valence-electron chi connectivity index (χ2n) is 7.34. The maximum absolute atomic E-state index is 12.8. The summed E-state index contributed by atoms with van der Waals surface area (Å²) >= 11 is 5.95. The molecule has 10 nitrogen and oxygen atoms in total. The Morgan fingerprint density at radius 3 is 2.87 bits per heavy atom. The van der Waals surface area contributed by atoms with E-state index in [1.54, 1.807) is 6.92 Å². The van der Waals surface area contributed by atoms with Crippen LogP contribution in [0.25, 0.3) is 0 Å². The van der Waals surface area contributed by atoms with Gasteiger partial charge in [0.1, 0.15) is 12.6 Å². The number of rotatable bonds is 4. The smallest absolute Gasteiger partial charge is 0.263 e. The minimum absolute atomic E-state index is 0.00647. The van der Waals surface area contributed by atoms with Gasteiger partial charge in [0.15, 0.2) is 11.6 Å². The molecule has 0 aliphatic carbocycles. The van der Waals surface area contributed by atoms with Crippen molar-refractivity contribution in [2.24, 2.45) is 10.2 Å². The van der Waals surface area contributed by atoms with Crippen molar-refractivity contribution in [2.45, 2.75) is 38.0 Å². The molecular formula is C19H18ClN7O3. The zero-order valence-electron chi connectivity index (χ0n) is 16.0. The van der Waals surface area contributed by atoms with Gasteiger partial charge in [0.25, 0.3) is 5.56 Å². The highest BCUT2D eigenvalue weighted by Gasteiger charge is 2.31. The molecule has 0 spiro atoms. The molecule has 2 aliphatic heterocycles. The number of fused-ring (bicyclic) bond motifs is 1. The lowest BCUT2D eigenvalue weighted by atomic mass is 10.0. The van der Waals surface area contributed by atoms with Crippen LogP contribution in [0.1, 0.15) is 54.3 Å². The Bertz CT molecular complexity index is 1190. The molecule has 0 saturated carbocycles. The molecular weight excluding hydrogens is 410 g/mol. The van der Waals surface area contributed by atoms with E-state index in [4.69, 9.17) is 26.6 Å². The van der Waals surface area contributed by atoms with Gasteiger partial charge in [-0.2, -0.15) is 15.1 Å². The quantitative estimate of drug-likeness (QED) is 0.674. The lowest BCUT2D eigenvalue weighted by Gasteiger charge is -2.09. The zero-order chi connectivity index (χ0) is 20.8. The summed E-state index contributed by atoms with van der Waals surface area (Å²) in [6, 6.07) is 7.23. The van der Waals surface area contributed by atoms with Gasteiger partial charge in [0.2, 0.25) is 11.8 Å². The van der Waals surface area contributed by atoms with Crippen molar-refractivity contribution in [2.75, 3.05) is 12.3 Å². The summed E-state index contributed by atoms with van der Waals surface area (Å²) in [4.78, 5) is 21.4. The summed E-state index contributed by atoms with van der Waals surface area (Å²) in [5.41, 5.74) is 7.11. The van der Waals surface area contributed by atoms with E-state index in [1.165, 1.54) is 4.57 Å². The fourth-order valence-electron chi connectivity index (χ4n) is 3.72. The Hall–Kier alpha value is -3.11. The van der Waals surface area contributed by atoms with Gasteiger partial charge < -0.3 is 15.0 Å². The molecule has 154 valence electrons. The second-order valence-corrected chi connectivity index (χ2v) is 7.78. The van der Waals surface area contributed by atoms with Crippen LogP contribution in [0, 0.1) is 0 Å². The van der Waals surface area contributed by atoms with Crippen LogP contribution >= 0.6 is 11.6 Å². The van der Waals surface area contributed by atoms with Crippen LogP contribution in [0.5, 0.6) is 0 Å². The molecule has 11 heteroatoms. The van der Waals surface area contributed by atoms with Crippen LogP contribution in [0.4, 0.5) is 11.8 Å². The summed E-state index contributed by atoms with van der Waals surface area (Å²) in [5.74, 6) is 1.10. The molecule has 30 heavy (non-hydrogen) atoms. The summed E-state index contributed by atoms with van der Waals surface area (Å²) in [6.45, 7) is 2.29. The molecule has 0 radical (unpaired) electrons. The van der Waals surface area contributed by atoms with E-state index in [-0.39, 0.29) is 47.8 Å². The number of benzene rings is 1. The van der Waals surface area contributed by atoms with Gasteiger partial charge >= 0.3 is 0 Å². The zero-order valence-corrected chi connectivity index (χ0v) is 16.8. The van der Waals surface area contributed by atoms with Crippen molar-refractivity contribution in [3.8, 4) is 0 Å². The Balaban J connectivity index is 1.33. The van der Waals surface area contributed by atoms with Gasteiger partial charge in [-0.1, -0.05) is 28.9 Å². The Morgan fingerprint density at radius 2 is 2.07 bits per heavy atom. The molecule has 3 atom stereocenters. The highest BCUT2D eigenvalue weighted by molar-refractivity contribution is 6.30. The monoisotopic (exact) mass is 427 g/mol. The molecule has 1 aromatic carbocycles. The fraction of sp³-hybridized carbons (Fsp3) is 0.368. The van der Waals surface area contributed by atoms with E-state index in [0.717, 1.165) is 12.0 Å². The van der Waals surface area contributed by atoms with E-state index in [1.807, 2.05) is 24.3 Å².